The number of likely N-dealkylation sites (tertiary alicyclic amines) is 1. The van der Waals surface area contributed by atoms with Gasteiger partial charge in [-0.25, -0.2) is 9.07 Å². The number of nitrogens with one attached hydrogen (secondary N) is 1. The second-order valence-electron chi connectivity index (χ2n) is 8.86. The van der Waals surface area contributed by atoms with Gasteiger partial charge in [-0.05, 0) is 60.7 Å². The predicted molar refractivity (Wildman–Crippen MR) is 126 cm³/mol. The van der Waals surface area contributed by atoms with Gasteiger partial charge in [0, 0.05) is 25.7 Å². The Hall–Kier alpha value is -3.19. The molecule has 2 aromatic carbocycles. The molecule has 0 unspecified atom stereocenters. The Kier molecular flexibility index (Phi) is 7.08. The van der Waals surface area contributed by atoms with Gasteiger partial charge in [-0.2, -0.15) is 5.10 Å². The first-order valence-corrected chi connectivity index (χ1v) is 11.4. The zero-order valence-corrected chi connectivity index (χ0v) is 19.4. The molecule has 0 bridgehead atoms. The summed E-state index contributed by atoms with van der Waals surface area (Å²) in [4.78, 5) is 15.5. The van der Waals surface area contributed by atoms with Crippen molar-refractivity contribution in [2.24, 2.45) is 0 Å². The minimum absolute atomic E-state index is 0.0861. The second-order valence-corrected chi connectivity index (χ2v) is 8.86. The maximum Gasteiger partial charge on any atom is 0.255 e. The van der Waals surface area contributed by atoms with Gasteiger partial charge in [0.1, 0.15) is 11.6 Å². The number of carbonyl (C=O) groups excluding carboxylic acids is 1. The zero-order valence-electron chi connectivity index (χ0n) is 19.4. The molecule has 7 heteroatoms. The van der Waals surface area contributed by atoms with E-state index in [9.17, 15) is 9.18 Å². The first-order valence-electron chi connectivity index (χ1n) is 11.4. The van der Waals surface area contributed by atoms with Crippen LogP contribution in [0.4, 0.5) is 4.39 Å². The molecule has 1 saturated heterocycles. The van der Waals surface area contributed by atoms with Crippen molar-refractivity contribution in [1.29, 1.82) is 0 Å². The molecular weight excluding hydrogens is 419 g/mol. The molecule has 1 fully saturated rings. The van der Waals surface area contributed by atoms with Crippen molar-refractivity contribution in [3.63, 3.8) is 0 Å². The van der Waals surface area contributed by atoms with Crippen LogP contribution in [0.5, 0.6) is 5.75 Å². The molecule has 1 aliphatic heterocycles. The number of nitrogens with zero attached hydrogens (tertiary/aromatic N) is 3. The Labute approximate surface area is 194 Å². The monoisotopic (exact) mass is 450 g/mol. The van der Waals surface area contributed by atoms with Gasteiger partial charge < -0.3 is 10.1 Å². The fourth-order valence-corrected chi connectivity index (χ4v) is 4.40. The van der Waals surface area contributed by atoms with E-state index >= 15 is 0 Å². The van der Waals surface area contributed by atoms with Crippen molar-refractivity contribution >= 4 is 5.91 Å². The lowest BCUT2D eigenvalue weighted by Gasteiger charge is -2.32. The molecule has 0 saturated carbocycles. The standard InChI is InChI=1S/C26H31FN4O2/c1-18(2)25-24(16-28-31(25)22-9-7-20(27)8-10-22)26(32)29-21-11-13-30(14-12-21)17-19-5-4-6-23(15-19)33-3/h4-10,15-16,18,21H,11-14,17H2,1-3H3,(H,29,32). The number of methoxy groups -OCH3 is 1. The van der Waals surface area contributed by atoms with Gasteiger partial charge >= 0.3 is 0 Å². The third-order valence-electron chi connectivity index (χ3n) is 6.13. The zero-order chi connectivity index (χ0) is 23.4. The number of carbonyl (C=O) groups is 1. The first kappa shape index (κ1) is 23.0. The van der Waals surface area contributed by atoms with Crippen molar-refractivity contribution < 1.29 is 13.9 Å². The van der Waals surface area contributed by atoms with E-state index in [0.29, 0.717) is 5.56 Å². The van der Waals surface area contributed by atoms with Crippen LogP contribution in [0.1, 0.15) is 54.2 Å². The third-order valence-corrected chi connectivity index (χ3v) is 6.13. The number of aromatic nitrogens is 2. The van der Waals surface area contributed by atoms with Crippen LogP contribution in [0.15, 0.2) is 54.7 Å². The normalized spacial score (nSPS) is 15.1. The van der Waals surface area contributed by atoms with Gasteiger partial charge in [0.2, 0.25) is 0 Å². The number of rotatable bonds is 7. The van der Waals surface area contributed by atoms with E-state index in [4.69, 9.17) is 4.74 Å². The van der Waals surface area contributed by atoms with Crippen LogP contribution in [-0.4, -0.2) is 46.8 Å². The van der Waals surface area contributed by atoms with Crippen molar-refractivity contribution in [2.75, 3.05) is 20.2 Å². The van der Waals surface area contributed by atoms with Crippen LogP contribution in [-0.2, 0) is 6.54 Å². The molecule has 0 aliphatic carbocycles. The van der Waals surface area contributed by atoms with Crippen molar-refractivity contribution in [3.8, 4) is 11.4 Å². The van der Waals surface area contributed by atoms with E-state index in [1.54, 1.807) is 30.1 Å². The largest absolute Gasteiger partial charge is 0.497 e. The summed E-state index contributed by atoms with van der Waals surface area (Å²) in [5.74, 6) is 0.561. The van der Waals surface area contributed by atoms with Crippen LogP contribution < -0.4 is 10.1 Å². The minimum atomic E-state index is -0.298. The highest BCUT2D eigenvalue weighted by molar-refractivity contribution is 5.95. The molecule has 3 aromatic rings. The molecule has 6 nitrogen and oxygen atoms in total. The van der Waals surface area contributed by atoms with E-state index in [1.807, 2.05) is 26.0 Å². The van der Waals surface area contributed by atoms with Crippen LogP contribution in [0, 0.1) is 5.82 Å². The van der Waals surface area contributed by atoms with Crippen molar-refractivity contribution in [3.05, 3.63) is 77.4 Å². The molecule has 1 aliphatic rings. The number of amides is 1. The molecule has 2 heterocycles. The van der Waals surface area contributed by atoms with E-state index in [1.165, 1.54) is 17.7 Å². The molecule has 1 N–H and O–H groups in total. The minimum Gasteiger partial charge on any atom is -0.497 e. The van der Waals surface area contributed by atoms with Crippen LogP contribution >= 0.6 is 0 Å². The summed E-state index contributed by atoms with van der Waals surface area (Å²) in [5.41, 5.74) is 3.37. The highest BCUT2D eigenvalue weighted by Crippen LogP contribution is 2.24. The Morgan fingerprint density at radius 1 is 1.18 bits per heavy atom. The highest BCUT2D eigenvalue weighted by atomic mass is 19.1. The number of benzene rings is 2. The molecule has 0 spiro atoms. The smallest absolute Gasteiger partial charge is 0.255 e. The van der Waals surface area contributed by atoms with Gasteiger partial charge in [-0.1, -0.05) is 26.0 Å². The molecule has 0 atom stereocenters. The molecule has 174 valence electrons. The Bertz CT molecular complexity index is 1090. The number of halogens is 1. The number of piperidine rings is 1. The Morgan fingerprint density at radius 3 is 2.58 bits per heavy atom. The van der Waals surface area contributed by atoms with E-state index in [2.05, 4.69) is 27.4 Å². The summed E-state index contributed by atoms with van der Waals surface area (Å²) >= 11 is 0. The van der Waals surface area contributed by atoms with Gasteiger partial charge in [0.05, 0.1) is 30.3 Å². The topological polar surface area (TPSA) is 59.4 Å². The van der Waals surface area contributed by atoms with Gasteiger partial charge in [-0.15, -0.1) is 0 Å². The summed E-state index contributed by atoms with van der Waals surface area (Å²) in [5, 5.41) is 7.65. The van der Waals surface area contributed by atoms with Gasteiger partial charge in [0.25, 0.3) is 5.91 Å². The van der Waals surface area contributed by atoms with Crippen LogP contribution in [0.2, 0.25) is 0 Å². The average molecular weight is 451 g/mol. The van der Waals surface area contributed by atoms with Gasteiger partial charge in [0.15, 0.2) is 0 Å². The molecule has 0 radical (unpaired) electrons. The average Bonchev–Trinajstić information content (AvgIpc) is 3.27. The van der Waals surface area contributed by atoms with E-state index in [-0.39, 0.29) is 23.7 Å². The molecule has 1 aromatic heterocycles. The number of hydrogen-bond acceptors (Lipinski definition) is 4. The fourth-order valence-electron chi connectivity index (χ4n) is 4.40. The lowest BCUT2D eigenvalue weighted by molar-refractivity contribution is 0.0907. The predicted octanol–water partition coefficient (Wildman–Crippen LogP) is 4.54. The fraction of sp³-hybridized carbons (Fsp3) is 0.385. The molecule has 1 amide bonds. The summed E-state index contributed by atoms with van der Waals surface area (Å²) in [6.45, 7) is 6.79. The highest BCUT2D eigenvalue weighted by Gasteiger charge is 2.25. The first-order chi connectivity index (χ1) is 15.9. The van der Waals surface area contributed by atoms with Crippen LogP contribution in [0.3, 0.4) is 0 Å². The van der Waals surface area contributed by atoms with Gasteiger partial charge in [-0.3, -0.25) is 9.69 Å². The number of ether oxygens (including phenoxy) is 1. The molecular formula is C26H31FN4O2. The quantitative estimate of drug-likeness (QED) is 0.574. The van der Waals surface area contributed by atoms with Crippen LogP contribution in [0.25, 0.3) is 5.69 Å². The summed E-state index contributed by atoms with van der Waals surface area (Å²) < 4.78 is 20.4. The third kappa shape index (κ3) is 5.42. The summed E-state index contributed by atoms with van der Waals surface area (Å²) in [6.07, 6.45) is 3.42. The lowest BCUT2D eigenvalue weighted by atomic mass is 10.0. The SMILES string of the molecule is COc1cccc(CN2CCC(NC(=O)c3cnn(-c4ccc(F)cc4)c3C(C)C)CC2)c1. The Morgan fingerprint density at radius 2 is 1.91 bits per heavy atom. The molecule has 33 heavy (non-hydrogen) atoms. The van der Waals surface area contributed by atoms with Crippen molar-refractivity contribution in [2.45, 2.75) is 45.2 Å². The van der Waals surface area contributed by atoms with Crippen molar-refractivity contribution in [1.82, 2.24) is 20.0 Å². The summed E-state index contributed by atoms with van der Waals surface area (Å²) in [6, 6.07) is 14.4. The maximum absolute atomic E-state index is 13.3. The summed E-state index contributed by atoms with van der Waals surface area (Å²) in [7, 11) is 1.68. The maximum atomic E-state index is 13.3. The number of hydrogen-bond donors (Lipinski definition) is 1. The lowest BCUT2D eigenvalue weighted by Crippen LogP contribution is -2.44. The molecule has 4 rings (SSSR count). The second kappa shape index (κ2) is 10.2. The van der Waals surface area contributed by atoms with E-state index in [0.717, 1.165) is 49.6 Å². The van der Waals surface area contributed by atoms with E-state index < -0.39 is 0 Å². The Balaban J connectivity index is 1.38.